The minimum Gasteiger partial charge on any atom is -0.464 e. The monoisotopic (exact) mass is 276 g/mol. The average Bonchev–Trinajstić information content (AvgIpc) is 2.77. The summed E-state index contributed by atoms with van der Waals surface area (Å²) in [5, 5.41) is 5.65. The lowest BCUT2D eigenvalue weighted by molar-refractivity contribution is -0.121. The predicted octanol–water partition coefficient (Wildman–Crippen LogP) is 1.29. The molecule has 0 aliphatic heterocycles. The van der Waals surface area contributed by atoms with Crippen LogP contribution in [0.1, 0.15) is 24.5 Å². The fourth-order valence-corrected chi connectivity index (χ4v) is 1.54. The summed E-state index contributed by atoms with van der Waals surface area (Å²) in [7, 11) is 3.33. The van der Waals surface area contributed by atoms with Crippen LogP contribution in [0, 0.1) is 0 Å². The third-order valence-electron chi connectivity index (χ3n) is 2.38. The van der Waals surface area contributed by atoms with Gasteiger partial charge in [0, 0.05) is 13.5 Å². The van der Waals surface area contributed by atoms with Crippen LogP contribution < -0.4 is 10.6 Å². The molecule has 0 bridgehead atoms. The largest absolute Gasteiger partial charge is 0.464 e. The number of likely N-dealkylation sites (N-methyl/N-ethyl adjacent to an activating group) is 1. The second-order valence-electron chi connectivity index (χ2n) is 3.76. The maximum Gasteiger partial charge on any atom is 0.234 e. The molecule has 0 fully saturated rings. The number of hydrogen-bond donors (Lipinski definition) is 2. The molecule has 0 aliphatic carbocycles. The van der Waals surface area contributed by atoms with E-state index in [0.717, 1.165) is 17.9 Å². The van der Waals surface area contributed by atoms with Crippen molar-refractivity contribution in [3.05, 3.63) is 23.7 Å². The van der Waals surface area contributed by atoms with Crippen LogP contribution in [0.15, 0.2) is 16.5 Å². The van der Waals surface area contributed by atoms with E-state index in [-0.39, 0.29) is 30.9 Å². The summed E-state index contributed by atoms with van der Waals surface area (Å²) in [5.41, 5.74) is 0. The SMILES string of the molecule is CCc1ccc(C(COC)NC(=O)CNC)o1.Cl. The number of rotatable bonds is 7. The van der Waals surface area contributed by atoms with Crippen molar-refractivity contribution in [2.24, 2.45) is 0 Å². The number of carbonyl (C=O) groups excluding carboxylic acids is 1. The molecule has 18 heavy (non-hydrogen) atoms. The Morgan fingerprint density at radius 3 is 2.72 bits per heavy atom. The summed E-state index contributed by atoms with van der Waals surface area (Å²) in [6.07, 6.45) is 0.837. The molecule has 1 unspecified atom stereocenters. The number of amides is 1. The van der Waals surface area contributed by atoms with Crippen LogP contribution in [-0.2, 0) is 16.0 Å². The Labute approximate surface area is 114 Å². The van der Waals surface area contributed by atoms with Gasteiger partial charge in [-0.3, -0.25) is 4.79 Å². The Morgan fingerprint density at radius 2 is 2.22 bits per heavy atom. The van der Waals surface area contributed by atoms with Crippen LogP contribution in [0.3, 0.4) is 0 Å². The molecule has 0 spiro atoms. The molecule has 0 radical (unpaired) electrons. The van der Waals surface area contributed by atoms with Gasteiger partial charge in [-0.1, -0.05) is 6.92 Å². The standard InChI is InChI=1S/C12H20N2O3.ClH/c1-4-9-5-6-11(17-9)10(8-16-3)14-12(15)7-13-2;/h5-6,10,13H,4,7-8H2,1-3H3,(H,14,15);1H. The van der Waals surface area contributed by atoms with E-state index in [2.05, 4.69) is 10.6 Å². The van der Waals surface area contributed by atoms with E-state index in [4.69, 9.17) is 9.15 Å². The quantitative estimate of drug-likeness (QED) is 0.788. The zero-order valence-corrected chi connectivity index (χ0v) is 11.8. The van der Waals surface area contributed by atoms with Crippen molar-refractivity contribution in [3.63, 3.8) is 0 Å². The fourth-order valence-electron chi connectivity index (χ4n) is 1.54. The highest BCUT2D eigenvalue weighted by molar-refractivity contribution is 5.85. The molecule has 6 heteroatoms. The van der Waals surface area contributed by atoms with E-state index in [1.54, 1.807) is 14.2 Å². The Kier molecular flexibility index (Phi) is 8.45. The fraction of sp³-hybridized carbons (Fsp3) is 0.583. The summed E-state index contributed by atoms with van der Waals surface area (Å²) in [5.74, 6) is 1.56. The molecule has 5 nitrogen and oxygen atoms in total. The molecular formula is C12H21ClN2O3. The first-order valence-corrected chi connectivity index (χ1v) is 5.72. The highest BCUT2D eigenvalue weighted by Gasteiger charge is 2.17. The minimum atomic E-state index is -0.235. The number of methoxy groups -OCH3 is 1. The van der Waals surface area contributed by atoms with E-state index >= 15 is 0 Å². The zero-order chi connectivity index (χ0) is 12.7. The molecule has 1 heterocycles. The van der Waals surface area contributed by atoms with Crippen molar-refractivity contribution in [1.29, 1.82) is 0 Å². The average molecular weight is 277 g/mol. The van der Waals surface area contributed by atoms with Gasteiger partial charge in [0.25, 0.3) is 0 Å². The lowest BCUT2D eigenvalue weighted by atomic mass is 10.2. The third-order valence-corrected chi connectivity index (χ3v) is 2.38. The number of hydrogen-bond acceptors (Lipinski definition) is 4. The molecule has 1 atom stereocenters. The molecule has 1 rings (SSSR count). The molecule has 104 valence electrons. The van der Waals surface area contributed by atoms with Gasteiger partial charge in [-0.15, -0.1) is 12.4 Å². The summed E-state index contributed by atoms with van der Waals surface area (Å²) >= 11 is 0. The Balaban J connectivity index is 0.00000289. The second-order valence-corrected chi connectivity index (χ2v) is 3.76. The van der Waals surface area contributed by atoms with Gasteiger partial charge in [0.1, 0.15) is 17.6 Å². The van der Waals surface area contributed by atoms with Crippen LogP contribution in [0.25, 0.3) is 0 Å². The Hall–Kier alpha value is -1.04. The van der Waals surface area contributed by atoms with Gasteiger partial charge in [0.15, 0.2) is 0 Å². The lowest BCUT2D eigenvalue weighted by Crippen LogP contribution is -2.36. The summed E-state index contributed by atoms with van der Waals surface area (Å²) in [6, 6.07) is 3.56. The molecule has 0 saturated heterocycles. The number of nitrogens with one attached hydrogen (secondary N) is 2. The Morgan fingerprint density at radius 1 is 1.50 bits per heavy atom. The molecule has 2 N–H and O–H groups in total. The number of furan rings is 1. The van der Waals surface area contributed by atoms with E-state index in [9.17, 15) is 4.79 Å². The lowest BCUT2D eigenvalue weighted by Gasteiger charge is -2.15. The molecule has 0 aromatic carbocycles. The molecule has 1 aromatic rings. The van der Waals surface area contributed by atoms with E-state index < -0.39 is 0 Å². The van der Waals surface area contributed by atoms with Crippen LogP contribution in [0.2, 0.25) is 0 Å². The molecule has 0 saturated carbocycles. The summed E-state index contributed by atoms with van der Waals surface area (Å²) in [6.45, 7) is 2.70. The van der Waals surface area contributed by atoms with Gasteiger partial charge in [-0.05, 0) is 19.2 Å². The van der Waals surface area contributed by atoms with E-state index in [1.165, 1.54) is 0 Å². The van der Waals surface area contributed by atoms with E-state index in [0.29, 0.717) is 6.61 Å². The maximum atomic E-state index is 11.5. The normalized spacial score (nSPS) is 11.7. The first-order chi connectivity index (χ1) is 8.21. The smallest absolute Gasteiger partial charge is 0.234 e. The van der Waals surface area contributed by atoms with Gasteiger partial charge in [0.05, 0.1) is 13.2 Å². The summed E-state index contributed by atoms with van der Waals surface area (Å²) < 4.78 is 10.7. The Bertz CT molecular complexity index is 355. The number of halogens is 1. The van der Waals surface area contributed by atoms with Gasteiger partial charge in [0.2, 0.25) is 5.91 Å². The van der Waals surface area contributed by atoms with Crippen LogP contribution in [0.5, 0.6) is 0 Å². The van der Waals surface area contributed by atoms with Crippen molar-refractivity contribution in [3.8, 4) is 0 Å². The van der Waals surface area contributed by atoms with Crippen LogP contribution in [0.4, 0.5) is 0 Å². The van der Waals surface area contributed by atoms with Crippen molar-refractivity contribution < 1.29 is 13.9 Å². The highest BCUT2D eigenvalue weighted by atomic mass is 35.5. The summed E-state index contributed by atoms with van der Waals surface area (Å²) in [4.78, 5) is 11.5. The van der Waals surface area contributed by atoms with Gasteiger partial charge in [-0.2, -0.15) is 0 Å². The molecular weight excluding hydrogens is 256 g/mol. The van der Waals surface area contributed by atoms with Gasteiger partial charge >= 0.3 is 0 Å². The minimum absolute atomic E-state index is 0. The second kappa shape index (κ2) is 8.97. The van der Waals surface area contributed by atoms with Crippen molar-refractivity contribution in [2.45, 2.75) is 19.4 Å². The van der Waals surface area contributed by atoms with Crippen LogP contribution >= 0.6 is 12.4 Å². The first-order valence-electron chi connectivity index (χ1n) is 5.72. The van der Waals surface area contributed by atoms with Crippen molar-refractivity contribution >= 4 is 18.3 Å². The van der Waals surface area contributed by atoms with Gasteiger partial charge in [-0.25, -0.2) is 0 Å². The topological polar surface area (TPSA) is 63.5 Å². The number of aryl methyl sites for hydroxylation is 1. The molecule has 1 amide bonds. The van der Waals surface area contributed by atoms with Crippen molar-refractivity contribution in [2.75, 3.05) is 27.3 Å². The number of ether oxygens (including phenoxy) is 1. The number of carbonyl (C=O) groups is 1. The maximum absolute atomic E-state index is 11.5. The van der Waals surface area contributed by atoms with Crippen molar-refractivity contribution in [1.82, 2.24) is 10.6 Å². The first kappa shape index (κ1) is 17.0. The van der Waals surface area contributed by atoms with E-state index in [1.807, 2.05) is 19.1 Å². The molecule has 0 aliphatic rings. The third kappa shape index (κ3) is 5.08. The molecule has 1 aromatic heterocycles. The van der Waals surface area contributed by atoms with Crippen LogP contribution in [-0.4, -0.2) is 33.2 Å². The predicted molar refractivity (Wildman–Crippen MR) is 72.0 cm³/mol. The highest BCUT2D eigenvalue weighted by Crippen LogP contribution is 2.17. The van der Waals surface area contributed by atoms with Gasteiger partial charge < -0.3 is 19.8 Å². The zero-order valence-electron chi connectivity index (χ0n) is 11.0.